The second kappa shape index (κ2) is 9.31. The molecule has 1 aromatic rings. The molecule has 0 radical (unpaired) electrons. The Balaban J connectivity index is 1.50. The van der Waals surface area contributed by atoms with Crippen LogP contribution < -0.4 is 10.2 Å². The standard InChI is InChI=1S/C21H35N5O/c1-17-8-6-7-11-26(17)18(2)16-23-21(22-3)25-14-12-24(13-15-25)19-9-4-5-10-20(19)27/h4-5,9-10,17-18,27H,6-8,11-16H2,1-3H3,(H,22,23). The molecule has 6 heteroatoms. The first kappa shape index (κ1) is 19.8. The summed E-state index contributed by atoms with van der Waals surface area (Å²) in [5, 5.41) is 13.7. The van der Waals surface area contributed by atoms with Gasteiger partial charge >= 0.3 is 0 Å². The van der Waals surface area contributed by atoms with Gasteiger partial charge in [0.15, 0.2) is 5.96 Å². The first-order valence-electron chi connectivity index (χ1n) is 10.3. The molecule has 0 saturated carbocycles. The highest BCUT2D eigenvalue weighted by molar-refractivity contribution is 5.80. The Morgan fingerprint density at radius 2 is 1.93 bits per heavy atom. The maximum Gasteiger partial charge on any atom is 0.193 e. The monoisotopic (exact) mass is 373 g/mol. The van der Waals surface area contributed by atoms with Gasteiger partial charge in [0.25, 0.3) is 0 Å². The fourth-order valence-corrected chi connectivity index (χ4v) is 4.35. The van der Waals surface area contributed by atoms with Crippen LogP contribution in [0.1, 0.15) is 33.1 Å². The first-order valence-corrected chi connectivity index (χ1v) is 10.3. The predicted molar refractivity (Wildman–Crippen MR) is 113 cm³/mol. The predicted octanol–water partition coefficient (Wildman–Crippen LogP) is 2.35. The molecule has 2 aliphatic heterocycles. The Labute approximate surface area is 163 Å². The summed E-state index contributed by atoms with van der Waals surface area (Å²) < 4.78 is 0. The summed E-state index contributed by atoms with van der Waals surface area (Å²) in [5.41, 5.74) is 0.924. The van der Waals surface area contributed by atoms with Crippen molar-refractivity contribution in [2.75, 3.05) is 51.2 Å². The van der Waals surface area contributed by atoms with Gasteiger partial charge < -0.3 is 20.2 Å². The Morgan fingerprint density at radius 3 is 2.59 bits per heavy atom. The van der Waals surface area contributed by atoms with Crippen molar-refractivity contribution < 1.29 is 5.11 Å². The topological polar surface area (TPSA) is 54.3 Å². The summed E-state index contributed by atoms with van der Waals surface area (Å²) in [4.78, 5) is 11.7. The smallest absolute Gasteiger partial charge is 0.193 e. The molecule has 2 unspecified atom stereocenters. The molecular weight excluding hydrogens is 338 g/mol. The molecule has 150 valence electrons. The van der Waals surface area contributed by atoms with Gasteiger partial charge in [0.1, 0.15) is 5.75 Å². The van der Waals surface area contributed by atoms with E-state index in [1.165, 1.54) is 25.8 Å². The van der Waals surface area contributed by atoms with E-state index in [1.54, 1.807) is 6.07 Å². The molecule has 2 heterocycles. The minimum Gasteiger partial charge on any atom is -0.506 e. The van der Waals surface area contributed by atoms with E-state index in [0.717, 1.165) is 44.4 Å². The molecule has 1 aromatic carbocycles. The molecule has 0 spiro atoms. The SMILES string of the molecule is CN=C(NCC(C)N1CCCCC1C)N1CCN(c2ccccc2O)CC1. The number of guanidine groups is 1. The van der Waals surface area contributed by atoms with E-state index in [2.05, 4.69) is 38.9 Å². The van der Waals surface area contributed by atoms with Crippen LogP contribution >= 0.6 is 0 Å². The zero-order valence-corrected chi connectivity index (χ0v) is 17.1. The number of benzene rings is 1. The van der Waals surface area contributed by atoms with Crippen molar-refractivity contribution in [1.82, 2.24) is 15.1 Å². The van der Waals surface area contributed by atoms with Gasteiger partial charge in [-0.15, -0.1) is 0 Å². The van der Waals surface area contributed by atoms with Crippen molar-refractivity contribution in [3.05, 3.63) is 24.3 Å². The number of piperazine rings is 1. The fraction of sp³-hybridized carbons (Fsp3) is 0.667. The van der Waals surface area contributed by atoms with E-state index in [1.807, 2.05) is 25.2 Å². The largest absolute Gasteiger partial charge is 0.506 e. The molecule has 3 rings (SSSR count). The molecule has 27 heavy (non-hydrogen) atoms. The van der Waals surface area contributed by atoms with Gasteiger partial charge in [0.2, 0.25) is 0 Å². The van der Waals surface area contributed by atoms with Crippen molar-refractivity contribution >= 4 is 11.6 Å². The van der Waals surface area contributed by atoms with E-state index in [4.69, 9.17) is 0 Å². The molecule has 2 atom stereocenters. The van der Waals surface area contributed by atoms with Crippen LogP contribution in [0.15, 0.2) is 29.3 Å². The van der Waals surface area contributed by atoms with Crippen LogP contribution in [0.25, 0.3) is 0 Å². The Kier molecular flexibility index (Phi) is 6.83. The third-order valence-electron chi connectivity index (χ3n) is 5.99. The van der Waals surface area contributed by atoms with Crippen molar-refractivity contribution in [2.45, 2.75) is 45.2 Å². The third kappa shape index (κ3) is 4.86. The number of hydrogen-bond donors (Lipinski definition) is 2. The number of piperidine rings is 1. The third-order valence-corrected chi connectivity index (χ3v) is 5.99. The van der Waals surface area contributed by atoms with Crippen LogP contribution in [0.2, 0.25) is 0 Å². The maximum atomic E-state index is 10.1. The highest BCUT2D eigenvalue weighted by Crippen LogP contribution is 2.27. The number of rotatable bonds is 4. The number of phenolic OH excluding ortho intramolecular Hbond substituents is 1. The van der Waals surface area contributed by atoms with Crippen LogP contribution in [0.3, 0.4) is 0 Å². The minimum absolute atomic E-state index is 0.359. The lowest BCUT2D eigenvalue weighted by molar-refractivity contribution is 0.115. The molecule has 0 aliphatic carbocycles. The molecule has 2 fully saturated rings. The Bertz CT molecular complexity index is 627. The van der Waals surface area contributed by atoms with E-state index in [0.29, 0.717) is 17.8 Å². The average Bonchev–Trinajstić information content (AvgIpc) is 2.69. The quantitative estimate of drug-likeness (QED) is 0.627. The lowest BCUT2D eigenvalue weighted by atomic mass is 10.0. The minimum atomic E-state index is 0.359. The van der Waals surface area contributed by atoms with Gasteiger partial charge in [-0.2, -0.15) is 0 Å². The molecule has 2 aliphatic rings. The highest BCUT2D eigenvalue weighted by Gasteiger charge is 2.25. The summed E-state index contributed by atoms with van der Waals surface area (Å²) in [6, 6.07) is 8.78. The van der Waals surface area contributed by atoms with Crippen LogP contribution in [0, 0.1) is 0 Å². The van der Waals surface area contributed by atoms with E-state index >= 15 is 0 Å². The summed E-state index contributed by atoms with van der Waals surface area (Å²) in [5.74, 6) is 1.35. The van der Waals surface area contributed by atoms with Gasteiger partial charge in [0, 0.05) is 51.9 Å². The number of para-hydroxylation sites is 2. The molecule has 2 N–H and O–H groups in total. The zero-order valence-electron chi connectivity index (χ0n) is 17.1. The second-order valence-corrected chi connectivity index (χ2v) is 7.82. The Hall–Kier alpha value is -1.95. The van der Waals surface area contributed by atoms with Gasteiger partial charge in [-0.05, 0) is 45.4 Å². The van der Waals surface area contributed by atoms with Crippen molar-refractivity contribution in [3.63, 3.8) is 0 Å². The van der Waals surface area contributed by atoms with E-state index < -0.39 is 0 Å². The van der Waals surface area contributed by atoms with Crippen molar-refractivity contribution in [3.8, 4) is 5.75 Å². The van der Waals surface area contributed by atoms with Gasteiger partial charge in [-0.3, -0.25) is 9.89 Å². The molecule has 0 bridgehead atoms. The number of aliphatic imine (C=N–C) groups is 1. The second-order valence-electron chi connectivity index (χ2n) is 7.82. The van der Waals surface area contributed by atoms with Crippen molar-refractivity contribution in [1.29, 1.82) is 0 Å². The molecule has 0 amide bonds. The number of hydrogen-bond acceptors (Lipinski definition) is 4. The normalized spacial score (nSPS) is 23.4. The lowest BCUT2D eigenvalue weighted by Crippen LogP contribution is -2.55. The molecular formula is C21H35N5O. The van der Waals surface area contributed by atoms with Crippen LogP contribution in [0.4, 0.5) is 5.69 Å². The van der Waals surface area contributed by atoms with E-state index in [-0.39, 0.29) is 0 Å². The number of anilines is 1. The highest BCUT2D eigenvalue weighted by atomic mass is 16.3. The lowest BCUT2D eigenvalue weighted by Gasteiger charge is -2.40. The molecule has 0 aromatic heterocycles. The first-order chi connectivity index (χ1) is 13.1. The summed E-state index contributed by atoms with van der Waals surface area (Å²) >= 11 is 0. The van der Waals surface area contributed by atoms with Gasteiger partial charge in [0.05, 0.1) is 5.69 Å². The summed E-state index contributed by atoms with van der Waals surface area (Å²) in [7, 11) is 1.87. The van der Waals surface area contributed by atoms with Crippen LogP contribution in [-0.2, 0) is 0 Å². The number of phenols is 1. The zero-order chi connectivity index (χ0) is 19.2. The van der Waals surface area contributed by atoms with Crippen molar-refractivity contribution in [2.24, 2.45) is 4.99 Å². The molecule has 2 saturated heterocycles. The van der Waals surface area contributed by atoms with Crippen LogP contribution in [0.5, 0.6) is 5.75 Å². The average molecular weight is 374 g/mol. The van der Waals surface area contributed by atoms with E-state index in [9.17, 15) is 5.11 Å². The maximum absolute atomic E-state index is 10.1. The number of nitrogens with zero attached hydrogens (tertiary/aromatic N) is 4. The molecule has 6 nitrogen and oxygen atoms in total. The Morgan fingerprint density at radius 1 is 1.19 bits per heavy atom. The summed E-state index contributed by atoms with van der Waals surface area (Å²) in [6.07, 6.45) is 3.99. The van der Waals surface area contributed by atoms with Gasteiger partial charge in [-0.1, -0.05) is 18.6 Å². The van der Waals surface area contributed by atoms with Gasteiger partial charge in [-0.25, -0.2) is 0 Å². The number of nitrogens with one attached hydrogen (secondary N) is 1. The summed E-state index contributed by atoms with van der Waals surface area (Å²) in [6.45, 7) is 10.4. The number of likely N-dealkylation sites (tertiary alicyclic amines) is 1. The fourth-order valence-electron chi connectivity index (χ4n) is 4.35. The number of aromatic hydroxyl groups is 1. The van der Waals surface area contributed by atoms with Crippen LogP contribution in [-0.4, -0.2) is 79.3 Å².